The molecule has 0 bridgehead atoms. The fourth-order valence-electron chi connectivity index (χ4n) is 1.91. The van der Waals surface area contributed by atoms with Gasteiger partial charge >= 0.3 is 0 Å². The summed E-state index contributed by atoms with van der Waals surface area (Å²) in [6, 6.07) is 13.7. The molecule has 6 heteroatoms. The first kappa shape index (κ1) is 15.1. The smallest absolute Gasteiger partial charge is 0.257 e. The largest absolute Gasteiger partial charge is 0.334 e. The van der Waals surface area contributed by atoms with Crippen molar-refractivity contribution >= 4 is 23.4 Å². The predicted molar refractivity (Wildman–Crippen MR) is 86.1 cm³/mol. The molecule has 3 rings (SSSR count). The van der Waals surface area contributed by atoms with E-state index in [1.54, 1.807) is 23.9 Å². The molecule has 112 valence electrons. The van der Waals surface area contributed by atoms with Crippen LogP contribution < -0.4 is 0 Å². The van der Waals surface area contributed by atoms with Crippen molar-refractivity contribution in [1.29, 1.82) is 0 Å². The number of thioether (sulfide) groups is 1. The van der Waals surface area contributed by atoms with E-state index in [1.165, 1.54) is 12.1 Å². The molecule has 0 N–H and O–H groups in total. The molecule has 0 atom stereocenters. The van der Waals surface area contributed by atoms with Gasteiger partial charge in [0.25, 0.3) is 5.89 Å². The summed E-state index contributed by atoms with van der Waals surface area (Å²) in [5.74, 6) is 2.18. The first-order valence-electron chi connectivity index (χ1n) is 6.61. The lowest BCUT2D eigenvalue weighted by molar-refractivity contribution is 0.425. The molecule has 0 unspecified atom stereocenters. The fourth-order valence-corrected chi connectivity index (χ4v) is 2.94. The number of hydrogen-bond donors (Lipinski definition) is 0. The van der Waals surface area contributed by atoms with Crippen LogP contribution in [0.25, 0.3) is 11.5 Å². The summed E-state index contributed by atoms with van der Waals surface area (Å²) >= 11 is 7.62. The minimum Gasteiger partial charge on any atom is -0.334 e. The van der Waals surface area contributed by atoms with E-state index in [0.717, 1.165) is 16.3 Å². The molecule has 0 spiro atoms. The maximum atomic E-state index is 12.9. The lowest BCUT2D eigenvalue weighted by Crippen LogP contribution is -1.86. The van der Waals surface area contributed by atoms with E-state index in [2.05, 4.69) is 10.1 Å². The van der Waals surface area contributed by atoms with Crippen LogP contribution in [0.1, 0.15) is 11.4 Å². The third kappa shape index (κ3) is 3.87. The van der Waals surface area contributed by atoms with Crippen LogP contribution in [0.5, 0.6) is 0 Å². The van der Waals surface area contributed by atoms with Gasteiger partial charge in [0.1, 0.15) is 5.82 Å². The number of aromatic nitrogens is 2. The summed E-state index contributed by atoms with van der Waals surface area (Å²) in [6.45, 7) is 0. The lowest BCUT2D eigenvalue weighted by Gasteiger charge is -1.99. The number of hydrogen-bond acceptors (Lipinski definition) is 4. The summed E-state index contributed by atoms with van der Waals surface area (Å²) in [5.41, 5.74) is 1.86. The number of rotatable bonds is 5. The second kappa shape index (κ2) is 6.94. The van der Waals surface area contributed by atoms with E-state index < -0.39 is 0 Å². The average Bonchev–Trinajstić information content (AvgIpc) is 2.97. The number of benzene rings is 2. The van der Waals surface area contributed by atoms with E-state index in [4.69, 9.17) is 16.1 Å². The second-order valence-corrected chi connectivity index (χ2v) is 6.07. The quantitative estimate of drug-likeness (QED) is 0.661. The van der Waals surface area contributed by atoms with E-state index in [9.17, 15) is 4.39 Å². The molecule has 0 radical (unpaired) electrons. The Labute approximate surface area is 136 Å². The monoisotopic (exact) mass is 334 g/mol. The summed E-state index contributed by atoms with van der Waals surface area (Å²) in [4.78, 5) is 4.31. The predicted octanol–water partition coefficient (Wildman–Crippen LogP) is 4.96. The molecule has 22 heavy (non-hydrogen) atoms. The zero-order chi connectivity index (χ0) is 15.4. The maximum Gasteiger partial charge on any atom is 0.257 e. The van der Waals surface area contributed by atoms with Crippen LogP contribution >= 0.6 is 23.4 Å². The van der Waals surface area contributed by atoms with Crippen molar-refractivity contribution in [3.63, 3.8) is 0 Å². The van der Waals surface area contributed by atoms with Crippen molar-refractivity contribution in [2.75, 3.05) is 0 Å². The van der Waals surface area contributed by atoms with Gasteiger partial charge in [-0.15, -0.1) is 11.8 Å². The van der Waals surface area contributed by atoms with Crippen LogP contribution in [0.2, 0.25) is 5.02 Å². The molecule has 1 heterocycles. The van der Waals surface area contributed by atoms with Crippen LogP contribution in [0, 0.1) is 5.82 Å². The molecule has 2 aromatic carbocycles. The highest BCUT2D eigenvalue weighted by Gasteiger charge is 2.09. The van der Waals surface area contributed by atoms with Crippen molar-refractivity contribution in [3.8, 4) is 11.5 Å². The highest BCUT2D eigenvalue weighted by molar-refractivity contribution is 7.97. The van der Waals surface area contributed by atoms with Crippen LogP contribution in [0.15, 0.2) is 53.1 Å². The first-order chi connectivity index (χ1) is 10.7. The molecule has 0 saturated heterocycles. The summed E-state index contributed by atoms with van der Waals surface area (Å²) in [7, 11) is 0. The minimum absolute atomic E-state index is 0.291. The van der Waals surface area contributed by atoms with Gasteiger partial charge in [0, 0.05) is 16.3 Å². The highest BCUT2D eigenvalue weighted by Crippen LogP contribution is 2.21. The van der Waals surface area contributed by atoms with Crippen LogP contribution in [0.4, 0.5) is 4.39 Å². The average molecular weight is 335 g/mol. The van der Waals surface area contributed by atoms with Gasteiger partial charge in [-0.2, -0.15) is 4.98 Å². The normalized spacial score (nSPS) is 10.8. The fraction of sp³-hybridized carbons (Fsp3) is 0.125. The zero-order valence-electron chi connectivity index (χ0n) is 11.5. The molecule has 0 aliphatic rings. The Morgan fingerprint density at radius 2 is 1.91 bits per heavy atom. The molecule has 1 aromatic heterocycles. The maximum absolute atomic E-state index is 12.9. The molecule has 0 fully saturated rings. The third-order valence-electron chi connectivity index (χ3n) is 2.95. The van der Waals surface area contributed by atoms with E-state index >= 15 is 0 Å². The van der Waals surface area contributed by atoms with Gasteiger partial charge in [0.15, 0.2) is 5.82 Å². The Morgan fingerprint density at radius 1 is 1.09 bits per heavy atom. The van der Waals surface area contributed by atoms with Gasteiger partial charge in [-0.1, -0.05) is 28.9 Å². The van der Waals surface area contributed by atoms with Crippen LogP contribution in [-0.4, -0.2) is 10.1 Å². The third-order valence-corrected chi connectivity index (χ3v) is 4.18. The molecular formula is C16H12ClFN2OS. The molecule has 0 aliphatic heterocycles. The molecule has 0 saturated carbocycles. The van der Waals surface area contributed by atoms with E-state index in [0.29, 0.717) is 23.0 Å². The Hall–Kier alpha value is -1.85. The van der Waals surface area contributed by atoms with Gasteiger partial charge in [0.2, 0.25) is 0 Å². The lowest BCUT2D eigenvalue weighted by atomic mass is 10.2. The summed E-state index contributed by atoms with van der Waals surface area (Å²) in [6.07, 6.45) is 0. The van der Waals surface area contributed by atoms with Gasteiger partial charge in [-0.25, -0.2) is 4.39 Å². The molecular weight excluding hydrogens is 323 g/mol. The van der Waals surface area contributed by atoms with Crippen LogP contribution in [-0.2, 0) is 11.5 Å². The van der Waals surface area contributed by atoms with Gasteiger partial charge < -0.3 is 4.52 Å². The highest BCUT2D eigenvalue weighted by atomic mass is 35.5. The van der Waals surface area contributed by atoms with Crippen LogP contribution in [0.3, 0.4) is 0 Å². The van der Waals surface area contributed by atoms with Crippen molar-refractivity contribution in [1.82, 2.24) is 10.1 Å². The molecule has 0 amide bonds. The van der Waals surface area contributed by atoms with Gasteiger partial charge in [-0.05, 0) is 42.0 Å². The van der Waals surface area contributed by atoms with E-state index in [1.807, 2.05) is 24.3 Å². The first-order valence-corrected chi connectivity index (χ1v) is 8.15. The van der Waals surface area contributed by atoms with Gasteiger partial charge in [-0.3, -0.25) is 0 Å². The van der Waals surface area contributed by atoms with Crippen molar-refractivity contribution in [3.05, 3.63) is 70.8 Å². The minimum atomic E-state index is -0.291. The number of nitrogens with zero attached hydrogens (tertiary/aromatic N) is 2. The van der Waals surface area contributed by atoms with Crippen molar-refractivity contribution < 1.29 is 8.91 Å². The molecule has 3 aromatic rings. The summed E-state index contributed by atoms with van der Waals surface area (Å²) < 4.78 is 18.1. The SMILES string of the molecule is Fc1ccc(-c2nc(CSCc3cccc(Cl)c3)no2)cc1. The van der Waals surface area contributed by atoms with Crippen molar-refractivity contribution in [2.24, 2.45) is 0 Å². The Morgan fingerprint density at radius 3 is 2.68 bits per heavy atom. The van der Waals surface area contributed by atoms with Crippen molar-refractivity contribution in [2.45, 2.75) is 11.5 Å². The van der Waals surface area contributed by atoms with E-state index in [-0.39, 0.29) is 5.82 Å². The molecule has 3 nitrogen and oxygen atoms in total. The standard InChI is InChI=1S/C16H12ClFN2OS/c17-13-3-1-2-11(8-13)9-22-10-15-19-16(21-20-15)12-4-6-14(18)7-5-12/h1-8H,9-10H2. The zero-order valence-corrected chi connectivity index (χ0v) is 13.1. The second-order valence-electron chi connectivity index (χ2n) is 4.65. The number of halogens is 2. The molecule has 0 aliphatic carbocycles. The van der Waals surface area contributed by atoms with Gasteiger partial charge in [0.05, 0.1) is 5.75 Å². The Balaban J connectivity index is 1.59. The Kier molecular flexibility index (Phi) is 4.75. The Bertz CT molecular complexity index is 761. The summed E-state index contributed by atoms with van der Waals surface area (Å²) in [5, 5.41) is 4.67. The topological polar surface area (TPSA) is 38.9 Å².